The standard InChI is InChI=1S/C12H19N3O2/c1-9-7-11(13-8-12(16)17-2)14-15(9)10-5-3-4-6-10/h7,10H,3-6,8H2,1-2H3,(H,13,14). The fraction of sp³-hybridized carbons (Fsp3) is 0.667. The molecule has 0 spiro atoms. The highest BCUT2D eigenvalue weighted by molar-refractivity contribution is 5.74. The molecule has 0 aromatic carbocycles. The molecule has 1 saturated carbocycles. The maximum atomic E-state index is 11.0. The topological polar surface area (TPSA) is 56.1 Å². The highest BCUT2D eigenvalue weighted by Gasteiger charge is 2.19. The first kappa shape index (κ1) is 12.0. The van der Waals surface area contributed by atoms with Gasteiger partial charge in [0.1, 0.15) is 12.4 Å². The van der Waals surface area contributed by atoms with Gasteiger partial charge in [0.25, 0.3) is 0 Å². The summed E-state index contributed by atoms with van der Waals surface area (Å²) in [6, 6.07) is 2.50. The molecule has 0 atom stereocenters. The molecule has 0 radical (unpaired) electrons. The molecule has 17 heavy (non-hydrogen) atoms. The van der Waals surface area contributed by atoms with E-state index >= 15 is 0 Å². The molecular weight excluding hydrogens is 218 g/mol. The normalized spacial score (nSPS) is 16.1. The van der Waals surface area contributed by atoms with Crippen molar-refractivity contribution in [1.29, 1.82) is 0 Å². The van der Waals surface area contributed by atoms with Crippen LogP contribution in [0.5, 0.6) is 0 Å². The van der Waals surface area contributed by atoms with Crippen molar-refractivity contribution in [3.63, 3.8) is 0 Å². The number of carbonyl (C=O) groups is 1. The molecule has 1 heterocycles. The van der Waals surface area contributed by atoms with Gasteiger partial charge in [-0.25, -0.2) is 0 Å². The van der Waals surface area contributed by atoms with Crippen LogP contribution in [0.15, 0.2) is 6.07 Å². The zero-order valence-corrected chi connectivity index (χ0v) is 10.4. The largest absolute Gasteiger partial charge is 0.468 e. The lowest BCUT2D eigenvalue weighted by Gasteiger charge is -2.11. The van der Waals surface area contributed by atoms with Gasteiger partial charge >= 0.3 is 5.97 Å². The second-order valence-electron chi connectivity index (χ2n) is 4.48. The van der Waals surface area contributed by atoms with E-state index < -0.39 is 0 Å². The van der Waals surface area contributed by atoms with Crippen LogP contribution >= 0.6 is 0 Å². The number of anilines is 1. The van der Waals surface area contributed by atoms with Crippen molar-refractivity contribution >= 4 is 11.8 Å². The lowest BCUT2D eigenvalue weighted by molar-refractivity contribution is -0.138. The van der Waals surface area contributed by atoms with Gasteiger partial charge in [-0.1, -0.05) is 12.8 Å². The zero-order valence-electron chi connectivity index (χ0n) is 10.4. The summed E-state index contributed by atoms with van der Waals surface area (Å²) in [6.45, 7) is 2.21. The van der Waals surface area contributed by atoms with Crippen LogP contribution in [0.4, 0.5) is 5.82 Å². The van der Waals surface area contributed by atoms with E-state index in [0.29, 0.717) is 6.04 Å². The van der Waals surface area contributed by atoms with Gasteiger partial charge in [-0.2, -0.15) is 5.10 Å². The van der Waals surface area contributed by atoms with Crippen LogP contribution in [-0.2, 0) is 9.53 Å². The van der Waals surface area contributed by atoms with Gasteiger partial charge < -0.3 is 10.1 Å². The van der Waals surface area contributed by atoms with Crippen LogP contribution in [-0.4, -0.2) is 29.4 Å². The third kappa shape index (κ3) is 2.78. The van der Waals surface area contributed by atoms with Gasteiger partial charge in [-0.3, -0.25) is 9.48 Å². The molecule has 1 aliphatic carbocycles. The number of aryl methyl sites for hydroxylation is 1. The minimum absolute atomic E-state index is 0.164. The molecule has 5 heteroatoms. The SMILES string of the molecule is COC(=O)CNc1cc(C)n(C2CCCC2)n1. The van der Waals surface area contributed by atoms with Gasteiger partial charge in [0.2, 0.25) is 0 Å². The third-order valence-electron chi connectivity index (χ3n) is 3.23. The van der Waals surface area contributed by atoms with Crippen molar-refractivity contribution < 1.29 is 9.53 Å². The van der Waals surface area contributed by atoms with E-state index in [1.807, 2.05) is 6.07 Å². The number of hydrogen-bond acceptors (Lipinski definition) is 4. The molecule has 0 aliphatic heterocycles. The number of carbonyl (C=O) groups excluding carboxylic acids is 1. The highest BCUT2D eigenvalue weighted by atomic mass is 16.5. The van der Waals surface area contributed by atoms with Crippen molar-refractivity contribution in [2.24, 2.45) is 0 Å². The third-order valence-corrected chi connectivity index (χ3v) is 3.23. The molecule has 0 saturated heterocycles. The molecule has 1 aromatic rings. The van der Waals surface area contributed by atoms with Gasteiger partial charge in [0, 0.05) is 11.8 Å². The van der Waals surface area contributed by atoms with Crippen LogP contribution < -0.4 is 5.32 Å². The summed E-state index contributed by atoms with van der Waals surface area (Å²) in [6.07, 6.45) is 4.99. The Labute approximate surface area is 101 Å². The average Bonchev–Trinajstić information content (AvgIpc) is 2.94. The first-order chi connectivity index (χ1) is 8.20. The number of ether oxygens (including phenoxy) is 1. The molecule has 0 bridgehead atoms. The van der Waals surface area contributed by atoms with E-state index in [2.05, 4.69) is 26.8 Å². The Hall–Kier alpha value is -1.52. The smallest absolute Gasteiger partial charge is 0.325 e. The number of nitrogens with zero attached hydrogens (tertiary/aromatic N) is 2. The Kier molecular flexibility index (Phi) is 3.66. The van der Waals surface area contributed by atoms with Crippen LogP contribution in [0, 0.1) is 6.92 Å². The quantitative estimate of drug-likeness (QED) is 0.812. The summed E-state index contributed by atoms with van der Waals surface area (Å²) < 4.78 is 6.65. The maximum absolute atomic E-state index is 11.0. The predicted octanol–water partition coefficient (Wildman–Crippen LogP) is 1.89. The number of aromatic nitrogens is 2. The van der Waals surface area contributed by atoms with Crippen LogP contribution in [0.2, 0.25) is 0 Å². The summed E-state index contributed by atoms with van der Waals surface area (Å²) >= 11 is 0. The second-order valence-corrected chi connectivity index (χ2v) is 4.48. The molecule has 1 N–H and O–H groups in total. The molecular formula is C12H19N3O2. The summed E-state index contributed by atoms with van der Waals surface area (Å²) in [4.78, 5) is 11.0. The second kappa shape index (κ2) is 5.21. The van der Waals surface area contributed by atoms with Gasteiger partial charge in [-0.15, -0.1) is 0 Å². The number of methoxy groups -OCH3 is 1. The lowest BCUT2D eigenvalue weighted by atomic mass is 10.2. The highest BCUT2D eigenvalue weighted by Crippen LogP contribution is 2.30. The Morgan fingerprint density at radius 1 is 1.59 bits per heavy atom. The minimum Gasteiger partial charge on any atom is -0.468 e. The van der Waals surface area contributed by atoms with Crippen molar-refractivity contribution in [3.05, 3.63) is 11.8 Å². The Morgan fingerprint density at radius 3 is 2.94 bits per heavy atom. The van der Waals surface area contributed by atoms with Crippen LogP contribution in [0.25, 0.3) is 0 Å². The molecule has 94 valence electrons. The minimum atomic E-state index is -0.280. The average molecular weight is 237 g/mol. The van der Waals surface area contributed by atoms with E-state index in [-0.39, 0.29) is 12.5 Å². The molecule has 0 amide bonds. The van der Waals surface area contributed by atoms with E-state index in [0.717, 1.165) is 11.5 Å². The summed E-state index contributed by atoms with van der Waals surface area (Å²) in [7, 11) is 1.38. The monoisotopic (exact) mass is 237 g/mol. The number of nitrogens with one attached hydrogen (secondary N) is 1. The van der Waals surface area contributed by atoms with Crippen molar-refractivity contribution in [2.45, 2.75) is 38.6 Å². The molecule has 5 nitrogen and oxygen atoms in total. The Balaban J connectivity index is 2.00. The van der Waals surface area contributed by atoms with Gasteiger partial charge in [0.05, 0.1) is 13.2 Å². The molecule has 1 aromatic heterocycles. The summed E-state index contributed by atoms with van der Waals surface area (Å²) in [5, 5.41) is 7.47. The number of hydrogen-bond donors (Lipinski definition) is 1. The van der Waals surface area contributed by atoms with Crippen LogP contribution in [0.1, 0.15) is 37.4 Å². The fourth-order valence-corrected chi connectivity index (χ4v) is 2.33. The number of esters is 1. The molecule has 1 fully saturated rings. The molecule has 1 aliphatic rings. The lowest BCUT2D eigenvalue weighted by Crippen LogP contribution is -2.15. The van der Waals surface area contributed by atoms with Crippen LogP contribution in [0.3, 0.4) is 0 Å². The van der Waals surface area contributed by atoms with Gasteiger partial charge in [0.15, 0.2) is 0 Å². The van der Waals surface area contributed by atoms with Crippen molar-refractivity contribution in [3.8, 4) is 0 Å². The van der Waals surface area contributed by atoms with E-state index in [4.69, 9.17) is 0 Å². The van der Waals surface area contributed by atoms with Crippen molar-refractivity contribution in [1.82, 2.24) is 9.78 Å². The fourth-order valence-electron chi connectivity index (χ4n) is 2.33. The summed E-state index contributed by atoms with van der Waals surface area (Å²) in [5.74, 6) is 0.470. The zero-order chi connectivity index (χ0) is 12.3. The van der Waals surface area contributed by atoms with Crippen molar-refractivity contribution in [2.75, 3.05) is 19.0 Å². The van der Waals surface area contributed by atoms with E-state index in [9.17, 15) is 4.79 Å². The Bertz CT molecular complexity index is 394. The molecule has 2 rings (SSSR count). The first-order valence-corrected chi connectivity index (χ1v) is 6.07. The Morgan fingerprint density at radius 2 is 2.29 bits per heavy atom. The van der Waals surface area contributed by atoms with E-state index in [1.54, 1.807) is 0 Å². The number of rotatable bonds is 4. The molecule has 0 unspecified atom stereocenters. The summed E-state index contributed by atoms with van der Waals surface area (Å²) in [5.41, 5.74) is 1.14. The maximum Gasteiger partial charge on any atom is 0.325 e. The first-order valence-electron chi connectivity index (χ1n) is 6.07. The van der Waals surface area contributed by atoms with Gasteiger partial charge in [-0.05, 0) is 19.8 Å². The van der Waals surface area contributed by atoms with E-state index in [1.165, 1.54) is 32.8 Å². The predicted molar refractivity (Wildman–Crippen MR) is 65.0 cm³/mol.